The molecule has 0 amide bonds. The summed E-state index contributed by atoms with van der Waals surface area (Å²) in [5.41, 5.74) is 3.30. The number of aliphatic carboxylic acids is 1. The Kier molecular flexibility index (Phi) is 7.59. The molecule has 0 radical (unpaired) electrons. The number of benzene rings is 2. The Labute approximate surface area is 173 Å². The van der Waals surface area contributed by atoms with E-state index in [2.05, 4.69) is 31.0 Å². The van der Waals surface area contributed by atoms with Crippen LogP contribution in [0.4, 0.5) is 5.69 Å². The first-order valence-corrected chi connectivity index (χ1v) is 9.80. The van der Waals surface area contributed by atoms with E-state index in [1.165, 1.54) is 5.56 Å². The number of hydrogen-bond acceptors (Lipinski definition) is 4. The van der Waals surface area contributed by atoms with Crippen LogP contribution in [0.5, 0.6) is 5.75 Å². The number of aliphatic imine (C=N–C) groups is 1. The van der Waals surface area contributed by atoms with Crippen LogP contribution in [-0.2, 0) is 10.2 Å². The highest BCUT2D eigenvalue weighted by Crippen LogP contribution is 2.29. The van der Waals surface area contributed by atoms with Gasteiger partial charge in [0.15, 0.2) is 0 Å². The summed E-state index contributed by atoms with van der Waals surface area (Å²) < 4.78 is 0. The van der Waals surface area contributed by atoms with Crippen LogP contribution < -0.4 is 4.90 Å². The highest BCUT2D eigenvalue weighted by Gasteiger charge is 2.25. The molecule has 0 bridgehead atoms. The van der Waals surface area contributed by atoms with Gasteiger partial charge in [-0.05, 0) is 36.8 Å². The first-order chi connectivity index (χ1) is 13.8. The van der Waals surface area contributed by atoms with Crippen LogP contribution in [0.3, 0.4) is 0 Å². The fourth-order valence-electron chi connectivity index (χ4n) is 3.30. The number of aromatic hydroxyl groups is 1. The second-order valence-corrected chi connectivity index (χ2v) is 7.40. The summed E-state index contributed by atoms with van der Waals surface area (Å²) in [4.78, 5) is 17.2. The molecule has 0 fully saturated rings. The number of carboxylic acids is 1. The lowest BCUT2D eigenvalue weighted by Crippen LogP contribution is -2.27. The van der Waals surface area contributed by atoms with Gasteiger partial charge in [-0.1, -0.05) is 44.2 Å². The second kappa shape index (κ2) is 9.92. The number of phenols is 1. The summed E-state index contributed by atoms with van der Waals surface area (Å²) in [6, 6.07) is 15.6. The largest absolute Gasteiger partial charge is 0.507 e. The topological polar surface area (TPSA) is 73.1 Å². The van der Waals surface area contributed by atoms with Crippen LogP contribution in [0.1, 0.15) is 38.3 Å². The van der Waals surface area contributed by atoms with Gasteiger partial charge in [-0.3, -0.25) is 9.79 Å². The number of phenolic OH excluding ortho intramolecular Hbond substituents is 1. The van der Waals surface area contributed by atoms with E-state index in [0.717, 1.165) is 11.4 Å². The van der Waals surface area contributed by atoms with E-state index >= 15 is 0 Å². The molecule has 0 heterocycles. The van der Waals surface area contributed by atoms with Crippen molar-refractivity contribution in [2.75, 3.05) is 25.0 Å². The number of hydrogen-bond donors (Lipinski definition) is 2. The van der Waals surface area contributed by atoms with Crippen molar-refractivity contribution in [2.45, 2.75) is 32.6 Å². The Morgan fingerprint density at radius 1 is 1.17 bits per heavy atom. The molecular weight excluding hydrogens is 364 g/mol. The third kappa shape index (κ3) is 5.70. The van der Waals surface area contributed by atoms with Crippen molar-refractivity contribution in [3.63, 3.8) is 0 Å². The molecular formula is C24H30N2O3. The predicted molar refractivity (Wildman–Crippen MR) is 120 cm³/mol. The Bertz CT molecular complexity index is 886. The van der Waals surface area contributed by atoms with Crippen LogP contribution in [0, 0.1) is 0 Å². The molecule has 0 aliphatic heterocycles. The number of nitrogens with zero attached hydrogens (tertiary/aromatic N) is 2. The molecule has 0 aromatic heterocycles. The highest BCUT2D eigenvalue weighted by molar-refractivity contribution is 6.05. The van der Waals surface area contributed by atoms with Gasteiger partial charge >= 0.3 is 5.97 Å². The molecule has 0 saturated carbocycles. The first-order valence-electron chi connectivity index (χ1n) is 9.80. The number of allylic oxidation sites excluding steroid dienone is 1. The lowest BCUT2D eigenvalue weighted by atomic mass is 9.79. The van der Waals surface area contributed by atoms with Gasteiger partial charge in [-0.25, -0.2) is 0 Å². The molecule has 2 rings (SSSR count). The molecule has 154 valence electrons. The highest BCUT2D eigenvalue weighted by atomic mass is 16.4. The van der Waals surface area contributed by atoms with E-state index in [4.69, 9.17) is 5.11 Å². The van der Waals surface area contributed by atoms with Crippen LogP contribution in [0.2, 0.25) is 0 Å². The zero-order valence-electron chi connectivity index (χ0n) is 17.6. The number of carbonyl (C=O) groups is 1. The minimum absolute atomic E-state index is 0.0567. The standard InChI is InChI=1S/C24H30N2O3/c1-5-26(16-15-23(28)29)20-13-11-18(21(27)17-20)12-14-22(25-4)24(2,3)19-9-7-6-8-10-19/h6-14,17,27H,5,15-16H2,1-4H3,(H,28,29)/b14-12+,25-22?. The van der Waals surface area contributed by atoms with E-state index in [1.807, 2.05) is 54.3 Å². The second-order valence-electron chi connectivity index (χ2n) is 7.40. The summed E-state index contributed by atoms with van der Waals surface area (Å²) in [7, 11) is 1.77. The number of anilines is 1. The zero-order chi connectivity index (χ0) is 21.4. The van der Waals surface area contributed by atoms with Crippen LogP contribution >= 0.6 is 0 Å². The quantitative estimate of drug-likeness (QED) is 0.602. The van der Waals surface area contributed by atoms with Crippen molar-refractivity contribution in [1.82, 2.24) is 0 Å². The third-order valence-corrected chi connectivity index (χ3v) is 5.15. The Balaban J connectivity index is 2.22. The minimum atomic E-state index is -0.834. The maximum absolute atomic E-state index is 10.8. The van der Waals surface area contributed by atoms with Gasteiger partial charge in [0.1, 0.15) is 5.75 Å². The maximum atomic E-state index is 10.8. The maximum Gasteiger partial charge on any atom is 0.305 e. The Morgan fingerprint density at radius 3 is 2.41 bits per heavy atom. The van der Waals surface area contributed by atoms with Crippen molar-refractivity contribution in [3.8, 4) is 5.75 Å². The Hall–Kier alpha value is -3.08. The lowest BCUT2D eigenvalue weighted by Gasteiger charge is -2.25. The minimum Gasteiger partial charge on any atom is -0.507 e. The fraction of sp³-hybridized carbons (Fsp3) is 0.333. The van der Waals surface area contributed by atoms with Gasteiger partial charge in [-0.15, -0.1) is 0 Å². The summed E-state index contributed by atoms with van der Waals surface area (Å²) in [5, 5.41) is 19.4. The van der Waals surface area contributed by atoms with E-state index in [9.17, 15) is 9.90 Å². The van der Waals surface area contributed by atoms with E-state index < -0.39 is 5.97 Å². The molecule has 5 heteroatoms. The lowest BCUT2D eigenvalue weighted by molar-refractivity contribution is -0.136. The fourth-order valence-corrected chi connectivity index (χ4v) is 3.30. The van der Waals surface area contributed by atoms with Crippen LogP contribution in [-0.4, -0.2) is 42.0 Å². The zero-order valence-corrected chi connectivity index (χ0v) is 17.6. The van der Waals surface area contributed by atoms with Gasteiger partial charge < -0.3 is 15.1 Å². The molecule has 2 N–H and O–H groups in total. The van der Waals surface area contributed by atoms with Gasteiger partial charge in [0, 0.05) is 48.6 Å². The molecule has 5 nitrogen and oxygen atoms in total. The summed E-state index contributed by atoms with van der Waals surface area (Å²) in [5.74, 6) is -0.680. The summed E-state index contributed by atoms with van der Waals surface area (Å²) in [6.45, 7) is 7.28. The molecule has 0 saturated heterocycles. The van der Waals surface area contributed by atoms with Crippen molar-refractivity contribution in [1.29, 1.82) is 0 Å². The molecule has 0 unspecified atom stereocenters. The van der Waals surface area contributed by atoms with E-state index in [0.29, 0.717) is 18.7 Å². The summed E-state index contributed by atoms with van der Waals surface area (Å²) in [6.07, 6.45) is 3.85. The van der Waals surface area contributed by atoms with Crippen LogP contribution in [0.25, 0.3) is 6.08 Å². The number of rotatable bonds is 9. The van der Waals surface area contributed by atoms with Gasteiger partial charge in [-0.2, -0.15) is 0 Å². The summed E-state index contributed by atoms with van der Waals surface area (Å²) >= 11 is 0. The normalized spacial score (nSPS) is 12.3. The predicted octanol–water partition coefficient (Wildman–Crippen LogP) is 4.76. The monoisotopic (exact) mass is 394 g/mol. The molecule has 0 aliphatic rings. The van der Waals surface area contributed by atoms with Gasteiger partial charge in [0.05, 0.1) is 6.42 Å². The molecule has 2 aromatic rings. The molecule has 0 atom stereocenters. The van der Waals surface area contributed by atoms with Crippen molar-refractivity contribution < 1.29 is 15.0 Å². The molecule has 29 heavy (non-hydrogen) atoms. The van der Waals surface area contributed by atoms with Gasteiger partial charge in [0.2, 0.25) is 0 Å². The van der Waals surface area contributed by atoms with Crippen molar-refractivity contribution in [3.05, 3.63) is 65.7 Å². The SMILES string of the molecule is CCN(CCC(=O)O)c1ccc(/C=C/C(=NC)C(C)(C)c2ccccc2)c(O)c1. The van der Waals surface area contributed by atoms with E-state index in [-0.39, 0.29) is 17.6 Å². The molecule has 0 spiro atoms. The Morgan fingerprint density at radius 2 is 1.86 bits per heavy atom. The van der Waals surface area contributed by atoms with Crippen LogP contribution in [0.15, 0.2) is 59.6 Å². The van der Waals surface area contributed by atoms with Gasteiger partial charge in [0.25, 0.3) is 0 Å². The average molecular weight is 395 g/mol. The molecule has 0 aliphatic carbocycles. The number of carboxylic acid groups (broad SMARTS) is 1. The third-order valence-electron chi connectivity index (χ3n) is 5.15. The van der Waals surface area contributed by atoms with Crippen molar-refractivity contribution >= 4 is 23.4 Å². The smallest absolute Gasteiger partial charge is 0.305 e. The van der Waals surface area contributed by atoms with E-state index in [1.54, 1.807) is 13.1 Å². The first kappa shape index (κ1) is 22.2. The average Bonchev–Trinajstić information content (AvgIpc) is 2.70. The van der Waals surface area contributed by atoms with Crippen molar-refractivity contribution in [2.24, 2.45) is 4.99 Å². The molecule has 2 aromatic carbocycles.